The van der Waals surface area contributed by atoms with Gasteiger partial charge in [0, 0.05) is 25.7 Å². The molecule has 160 valence electrons. The monoisotopic (exact) mass is 421 g/mol. The van der Waals surface area contributed by atoms with E-state index in [-0.39, 0.29) is 16.7 Å². The van der Waals surface area contributed by atoms with Crippen LogP contribution in [0.25, 0.3) is 16.8 Å². The van der Waals surface area contributed by atoms with E-state index in [4.69, 9.17) is 9.47 Å². The van der Waals surface area contributed by atoms with Crippen LogP contribution < -0.4 is 10.1 Å². The van der Waals surface area contributed by atoms with Crippen molar-refractivity contribution in [3.63, 3.8) is 0 Å². The molecule has 0 N–H and O–H groups in total. The van der Waals surface area contributed by atoms with Gasteiger partial charge in [-0.1, -0.05) is 18.2 Å². The number of rotatable bonds is 8. The van der Waals surface area contributed by atoms with Gasteiger partial charge in [-0.15, -0.1) is 0 Å². The zero-order valence-electron chi connectivity index (χ0n) is 16.9. The Kier molecular flexibility index (Phi) is 6.89. The molecule has 0 aliphatic heterocycles. The van der Waals surface area contributed by atoms with Gasteiger partial charge in [0.1, 0.15) is 11.8 Å². The predicted molar refractivity (Wildman–Crippen MR) is 106 cm³/mol. The van der Waals surface area contributed by atoms with Crippen molar-refractivity contribution in [3.05, 3.63) is 70.8 Å². The highest BCUT2D eigenvalue weighted by molar-refractivity contribution is 5.62. The molecule has 0 aliphatic rings. The highest BCUT2D eigenvalue weighted by Gasteiger charge is 2.31. The molecule has 30 heavy (non-hydrogen) atoms. The van der Waals surface area contributed by atoms with Crippen molar-refractivity contribution < 1.29 is 27.2 Å². The molecule has 0 spiro atoms. The molecule has 0 aliphatic carbocycles. The Morgan fingerprint density at radius 3 is 2.47 bits per heavy atom. The predicted octanol–water partition coefficient (Wildman–Crippen LogP) is 4.06. The Morgan fingerprint density at radius 2 is 1.80 bits per heavy atom. The van der Waals surface area contributed by atoms with E-state index in [1.807, 2.05) is 18.4 Å². The lowest BCUT2D eigenvalue weighted by atomic mass is 10.1. The van der Waals surface area contributed by atoms with Crippen LogP contribution in [0.4, 0.5) is 13.2 Å². The van der Waals surface area contributed by atoms with Crippen LogP contribution in [0.15, 0.2) is 59.7 Å². The zero-order valence-corrected chi connectivity index (χ0v) is 16.9. The third-order valence-corrected chi connectivity index (χ3v) is 4.68. The number of fused-ring (bicyclic) bond motifs is 1. The van der Waals surface area contributed by atoms with Crippen LogP contribution in [0.2, 0.25) is 0 Å². The molecular formula is C22H24F3N2O3+. The number of hydrogen-bond donors (Lipinski definition) is 0. The molecule has 8 heteroatoms. The van der Waals surface area contributed by atoms with E-state index in [2.05, 4.69) is 0 Å². The summed E-state index contributed by atoms with van der Waals surface area (Å²) in [5.74, 6) is 0. The van der Waals surface area contributed by atoms with Gasteiger partial charge in [-0.25, -0.2) is 9.36 Å². The van der Waals surface area contributed by atoms with Crippen LogP contribution in [0.5, 0.6) is 0 Å². The Labute approximate surface area is 172 Å². The zero-order chi connectivity index (χ0) is 21.7. The lowest BCUT2D eigenvalue weighted by molar-refractivity contribution is -0.676. The molecule has 3 aromatic rings. The first-order valence-electron chi connectivity index (χ1n) is 9.79. The molecule has 0 unspecified atom stereocenters. The van der Waals surface area contributed by atoms with Gasteiger partial charge in [-0.05, 0) is 37.6 Å². The SMILES string of the molecule is CCOC(CC[n+]1cc(-c2cccc(C(F)(F)F)c2)c(=O)n2ccccc21)OCC. The topological polar surface area (TPSA) is 43.8 Å². The number of nitrogens with zero attached hydrogens (tertiary/aromatic N) is 2. The number of aryl methyl sites for hydroxylation is 1. The lowest BCUT2D eigenvalue weighted by Crippen LogP contribution is -2.41. The fourth-order valence-corrected chi connectivity index (χ4v) is 3.32. The largest absolute Gasteiger partial charge is 0.416 e. The van der Waals surface area contributed by atoms with E-state index in [0.29, 0.717) is 31.8 Å². The van der Waals surface area contributed by atoms with Crippen LogP contribution in [0.1, 0.15) is 25.8 Å². The first-order chi connectivity index (χ1) is 14.3. The van der Waals surface area contributed by atoms with Crippen molar-refractivity contribution in [2.45, 2.75) is 39.3 Å². The molecule has 0 bridgehead atoms. The van der Waals surface area contributed by atoms with Gasteiger partial charge in [0.15, 0.2) is 6.29 Å². The summed E-state index contributed by atoms with van der Waals surface area (Å²) in [5.41, 5.74) is -0.142. The molecule has 0 saturated carbocycles. The van der Waals surface area contributed by atoms with Crippen molar-refractivity contribution in [3.8, 4) is 11.1 Å². The minimum atomic E-state index is -4.48. The third-order valence-electron chi connectivity index (χ3n) is 4.68. The lowest BCUT2D eigenvalue weighted by Gasteiger charge is -2.16. The molecule has 5 nitrogen and oxygen atoms in total. The Morgan fingerprint density at radius 1 is 1.07 bits per heavy atom. The first-order valence-corrected chi connectivity index (χ1v) is 9.79. The van der Waals surface area contributed by atoms with Crippen molar-refractivity contribution >= 4 is 5.65 Å². The molecule has 1 aromatic carbocycles. The second-order valence-corrected chi connectivity index (χ2v) is 6.68. The number of pyridine rings is 1. The van der Waals surface area contributed by atoms with Crippen LogP contribution in [0, 0.1) is 0 Å². The average molecular weight is 421 g/mol. The minimum Gasteiger partial charge on any atom is -0.353 e. The van der Waals surface area contributed by atoms with Crippen molar-refractivity contribution in [1.82, 2.24) is 4.40 Å². The van der Waals surface area contributed by atoms with Gasteiger partial charge in [-0.3, -0.25) is 0 Å². The summed E-state index contributed by atoms with van der Waals surface area (Å²) < 4.78 is 53.9. The van der Waals surface area contributed by atoms with Gasteiger partial charge < -0.3 is 9.47 Å². The van der Waals surface area contributed by atoms with E-state index in [1.165, 1.54) is 16.5 Å². The van der Waals surface area contributed by atoms with Crippen LogP contribution >= 0.6 is 0 Å². The summed E-state index contributed by atoms with van der Waals surface area (Å²) in [6.45, 7) is 5.22. The van der Waals surface area contributed by atoms with Gasteiger partial charge >= 0.3 is 11.7 Å². The second kappa shape index (κ2) is 9.40. The Bertz CT molecular complexity index is 1060. The summed E-state index contributed by atoms with van der Waals surface area (Å²) in [4.78, 5) is 13.0. The second-order valence-electron chi connectivity index (χ2n) is 6.68. The number of benzene rings is 1. The van der Waals surface area contributed by atoms with E-state index >= 15 is 0 Å². The summed E-state index contributed by atoms with van der Waals surface area (Å²) in [6, 6.07) is 10.1. The summed E-state index contributed by atoms with van der Waals surface area (Å²) in [7, 11) is 0. The summed E-state index contributed by atoms with van der Waals surface area (Å²) in [5, 5.41) is 0. The molecule has 3 rings (SSSR count). The van der Waals surface area contributed by atoms with Crippen LogP contribution in [-0.4, -0.2) is 23.9 Å². The van der Waals surface area contributed by atoms with E-state index < -0.39 is 18.0 Å². The number of halogens is 3. The molecule has 2 aromatic heterocycles. The highest BCUT2D eigenvalue weighted by Crippen LogP contribution is 2.31. The fourth-order valence-electron chi connectivity index (χ4n) is 3.32. The summed E-state index contributed by atoms with van der Waals surface area (Å²) >= 11 is 0. The van der Waals surface area contributed by atoms with Gasteiger partial charge in [-0.2, -0.15) is 17.6 Å². The van der Waals surface area contributed by atoms with Crippen molar-refractivity contribution in [2.24, 2.45) is 0 Å². The Balaban J connectivity index is 2.07. The molecule has 0 fully saturated rings. The molecule has 2 heterocycles. The molecular weight excluding hydrogens is 397 g/mol. The van der Waals surface area contributed by atoms with E-state index in [9.17, 15) is 18.0 Å². The number of aromatic nitrogens is 2. The summed E-state index contributed by atoms with van der Waals surface area (Å²) in [6.07, 6.45) is -1.16. The fraction of sp³-hybridized carbons (Fsp3) is 0.364. The smallest absolute Gasteiger partial charge is 0.353 e. The van der Waals surface area contributed by atoms with Gasteiger partial charge in [0.05, 0.1) is 18.3 Å². The number of hydrogen-bond acceptors (Lipinski definition) is 3. The van der Waals surface area contributed by atoms with E-state index in [1.54, 1.807) is 30.6 Å². The van der Waals surface area contributed by atoms with Crippen molar-refractivity contribution in [2.75, 3.05) is 13.2 Å². The van der Waals surface area contributed by atoms with E-state index in [0.717, 1.165) is 12.1 Å². The number of alkyl halides is 3. The molecule has 0 saturated heterocycles. The minimum absolute atomic E-state index is 0.189. The maximum absolute atomic E-state index is 13.2. The number of ether oxygens (including phenoxy) is 2. The van der Waals surface area contributed by atoms with Crippen molar-refractivity contribution in [1.29, 1.82) is 0 Å². The standard InChI is InChI=1S/C22H24F3N2O3/c1-3-29-20(30-4-2)11-13-26-15-18(21(28)27-12-6-5-10-19(26)27)16-8-7-9-17(14-16)22(23,24)25/h5-10,12,14-15,20H,3-4,11,13H2,1-2H3/q+1. The molecule has 0 amide bonds. The maximum Gasteiger partial charge on any atom is 0.416 e. The van der Waals surface area contributed by atoms with Gasteiger partial charge in [0.2, 0.25) is 0 Å². The molecule has 0 radical (unpaired) electrons. The average Bonchev–Trinajstić information content (AvgIpc) is 2.73. The maximum atomic E-state index is 13.2. The first kappa shape index (κ1) is 22.0. The quantitative estimate of drug-likeness (QED) is 0.407. The third kappa shape index (κ3) is 4.88. The van der Waals surface area contributed by atoms with Crippen LogP contribution in [0.3, 0.4) is 0 Å². The Hall–Kier alpha value is -2.71. The van der Waals surface area contributed by atoms with Gasteiger partial charge in [0.25, 0.3) is 5.65 Å². The normalized spacial score (nSPS) is 12.1. The highest BCUT2D eigenvalue weighted by atomic mass is 19.4. The molecule has 0 atom stereocenters. The van der Waals surface area contributed by atoms with Crippen LogP contribution in [-0.2, 0) is 22.2 Å².